The predicted octanol–water partition coefficient (Wildman–Crippen LogP) is 4.15. The third-order valence-corrected chi connectivity index (χ3v) is 4.09. The third-order valence-electron chi connectivity index (χ3n) is 4.09. The zero-order chi connectivity index (χ0) is 13.5. The average molecular weight is 260 g/mol. The van der Waals surface area contributed by atoms with Crippen molar-refractivity contribution in [1.82, 2.24) is 10.2 Å². The Bertz CT molecular complexity index is 784. The van der Waals surface area contributed by atoms with Crippen LogP contribution in [0.15, 0.2) is 48.5 Å². The lowest BCUT2D eigenvalue weighted by atomic mass is 9.88. The van der Waals surface area contributed by atoms with Gasteiger partial charge in [-0.1, -0.05) is 48.0 Å². The first-order valence-corrected chi connectivity index (χ1v) is 7.05. The molecule has 20 heavy (non-hydrogen) atoms. The molecule has 0 unspecified atom stereocenters. The number of nitrogens with one attached hydrogen (secondary N) is 1. The number of hydrogen-bond acceptors (Lipinski definition) is 1. The number of nitrogens with zero attached hydrogens (tertiary/aromatic N) is 1. The van der Waals surface area contributed by atoms with Crippen LogP contribution in [0.25, 0.3) is 22.5 Å². The molecule has 98 valence electrons. The van der Waals surface area contributed by atoms with E-state index in [2.05, 4.69) is 65.7 Å². The van der Waals surface area contributed by atoms with E-state index in [4.69, 9.17) is 0 Å². The van der Waals surface area contributed by atoms with E-state index in [0.29, 0.717) is 0 Å². The van der Waals surface area contributed by atoms with Crippen LogP contribution in [0.3, 0.4) is 0 Å². The van der Waals surface area contributed by atoms with Gasteiger partial charge in [-0.05, 0) is 31.4 Å². The van der Waals surface area contributed by atoms with Gasteiger partial charge in [0.25, 0.3) is 0 Å². The normalized spacial score (nSPS) is 12.8. The molecule has 0 aliphatic heterocycles. The van der Waals surface area contributed by atoms with Crippen molar-refractivity contribution in [1.29, 1.82) is 0 Å². The first kappa shape index (κ1) is 11.5. The third kappa shape index (κ3) is 1.68. The molecule has 3 aromatic rings. The molecule has 4 rings (SSSR count). The second-order valence-electron chi connectivity index (χ2n) is 5.45. The molecule has 2 nitrogen and oxygen atoms in total. The fraction of sp³-hybridized carbons (Fsp3) is 0.167. The second kappa shape index (κ2) is 4.34. The van der Waals surface area contributed by atoms with Crippen LogP contribution >= 0.6 is 0 Å². The monoisotopic (exact) mass is 260 g/mol. The summed E-state index contributed by atoms with van der Waals surface area (Å²) in [6.45, 7) is 2.13. The quantitative estimate of drug-likeness (QED) is 0.699. The smallest absolute Gasteiger partial charge is 0.0962 e. The molecule has 1 aliphatic carbocycles. The first-order chi connectivity index (χ1) is 9.83. The SMILES string of the molecule is Cc1cccc(-c2[nH]nc3c2CCc2ccccc2-3)c1. The summed E-state index contributed by atoms with van der Waals surface area (Å²) >= 11 is 0. The first-order valence-electron chi connectivity index (χ1n) is 7.05. The predicted molar refractivity (Wildman–Crippen MR) is 81.6 cm³/mol. The van der Waals surface area contributed by atoms with Gasteiger partial charge in [0.15, 0.2) is 0 Å². The molecular weight excluding hydrogens is 244 g/mol. The van der Waals surface area contributed by atoms with Gasteiger partial charge in [-0.25, -0.2) is 0 Å². The molecule has 1 heterocycles. The highest BCUT2D eigenvalue weighted by Crippen LogP contribution is 2.36. The standard InChI is InChI=1S/C18H16N2/c1-12-5-4-7-14(11-12)17-16-10-9-13-6-2-3-8-15(13)18(16)20-19-17/h2-8,11H,9-10H2,1H3,(H,19,20). The highest BCUT2D eigenvalue weighted by Gasteiger charge is 2.22. The lowest BCUT2D eigenvalue weighted by Crippen LogP contribution is -2.03. The summed E-state index contributed by atoms with van der Waals surface area (Å²) < 4.78 is 0. The minimum atomic E-state index is 1.06. The molecule has 0 radical (unpaired) electrons. The van der Waals surface area contributed by atoms with Gasteiger partial charge in [0.05, 0.1) is 11.4 Å². The van der Waals surface area contributed by atoms with Crippen molar-refractivity contribution in [2.45, 2.75) is 19.8 Å². The number of aromatic amines is 1. The molecule has 0 spiro atoms. The summed E-state index contributed by atoms with van der Waals surface area (Å²) in [5, 5.41) is 7.83. The zero-order valence-corrected chi connectivity index (χ0v) is 11.5. The molecule has 1 aliphatic rings. The van der Waals surface area contributed by atoms with Gasteiger partial charge in [0.1, 0.15) is 0 Å². The Hall–Kier alpha value is -2.35. The van der Waals surface area contributed by atoms with Gasteiger partial charge >= 0.3 is 0 Å². The van der Waals surface area contributed by atoms with Crippen molar-refractivity contribution < 1.29 is 0 Å². The van der Waals surface area contributed by atoms with Crippen LogP contribution in [-0.2, 0) is 12.8 Å². The molecule has 0 saturated carbocycles. The maximum Gasteiger partial charge on any atom is 0.0962 e. The lowest BCUT2D eigenvalue weighted by Gasteiger charge is -2.15. The molecule has 2 heteroatoms. The molecule has 0 bridgehead atoms. The number of benzene rings is 2. The van der Waals surface area contributed by atoms with E-state index in [1.807, 2.05) is 0 Å². The van der Waals surface area contributed by atoms with Gasteiger partial charge in [-0.3, -0.25) is 5.10 Å². The molecule has 0 amide bonds. The minimum absolute atomic E-state index is 1.06. The maximum atomic E-state index is 4.58. The Morgan fingerprint density at radius 3 is 2.80 bits per heavy atom. The van der Waals surface area contributed by atoms with E-state index < -0.39 is 0 Å². The van der Waals surface area contributed by atoms with Gasteiger partial charge in [-0.2, -0.15) is 5.10 Å². The van der Waals surface area contributed by atoms with E-state index in [1.165, 1.54) is 33.5 Å². The number of fused-ring (bicyclic) bond motifs is 3. The van der Waals surface area contributed by atoms with Crippen LogP contribution in [0.5, 0.6) is 0 Å². The van der Waals surface area contributed by atoms with E-state index in [1.54, 1.807) is 0 Å². The number of rotatable bonds is 1. The number of H-pyrrole nitrogens is 1. The number of aryl methyl sites for hydroxylation is 2. The van der Waals surface area contributed by atoms with Crippen molar-refractivity contribution in [2.75, 3.05) is 0 Å². The van der Waals surface area contributed by atoms with Crippen molar-refractivity contribution in [2.24, 2.45) is 0 Å². The lowest BCUT2D eigenvalue weighted by molar-refractivity contribution is 0.943. The van der Waals surface area contributed by atoms with E-state index in [0.717, 1.165) is 18.5 Å². The topological polar surface area (TPSA) is 28.7 Å². The van der Waals surface area contributed by atoms with Crippen molar-refractivity contribution in [3.63, 3.8) is 0 Å². The van der Waals surface area contributed by atoms with Gasteiger partial charge in [0.2, 0.25) is 0 Å². The molecule has 1 N–H and O–H groups in total. The maximum absolute atomic E-state index is 4.58. The van der Waals surface area contributed by atoms with E-state index in [-0.39, 0.29) is 0 Å². The Labute approximate surface area is 118 Å². The van der Waals surface area contributed by atoms with Crippen molar-refractivity contribution in [3.8, 4) is 22.5 Å². The second-order valence-corrected chi connectivity index (χ2v) is 5.45. The van der Waals surface area contributed by atoms with Crippen LogP contribution in [0.4, 0.5) is 0 Å². The minimum Gasteiger partial charge on any atom is -0.277 e. The summed E-state index contributed by atoms with van der Waals surface area (Å²) in [5.74, 6) is 0. The van der Waals surface area contributed by atoms with Crippen molar-refractivity contribution >= 4 is 0 Å². The number of hydrogen-bond donors (Lipinski definition) is 1. The van der Waals surface area contributed by atoms with Crippen LogP contribution in [-0.4, -0.2) is 10.2 Å². The molecular formula is C18H16N2. The highest BCUT2D eigenvalue weighted by atomic mass is 15.1. The summed E-state index contributed by atoms with van der Waals surface area (Å²) in [6.07, 6.45) is 2.16. The Balaban J connectivity index is 1.90. The molecule has 0 saturated heterocycles. The highest BCUT2D eigenvalue weighted by molar-refractivity contribution is 5.77. The molecule has 0 fully saturated rings. The Morgan fingerprint density at radius 1 is 1.00 bits per heavy atom. The van der Waals surface area contributed by atoms with Crippen LogP contribution in [0, 0.1) is 6.92 Å². The Kier molecular flexibility index (Phi) is 2.49. The molecule has 1 aromatic heterocycles. The summed E-state index contributed by atoms with van der Waals surface area (Å²) in [4.78, 5) is 0. The van der Waals surface area contributed by atoms with Crippen LogP contribution in [0.1, 0.15) is 16.7 Å². The van der Waals surface area contributed by atoms with E-state index in [9.17, 15) is 0 Å². The fourth-order valence-electron chi connectivity index (χ4n) is 3.10. The van der Waals surface area contributed by atoms with Gasteiger partial charge in [-0.15, -0.1) is 0 Å². The zero-order valence-electron chi connectivity index (χ0n) is 11.5. The van der Waals surface area contributed by atoms with Crippen molar-refractivity contribution in [3.05, 3.63) is 65.2 Å². The van der Waals surface area contributed by atoms with E-state index >= 15 is 0 Å². The summed E-state index contributed by atoms with van der Waals surface area (Å²) in [6, 6.07) is 17.2. The Morgan fingerprint density at radius 2 is 1.90 bits per heavy atom. The van der Waals surface area contributed by atoms with Crippen LogP contribution in [0.2, 0.25) is 0 Å². The fourth-order valence-corrected chi connectivity index (χ4v) is 3.10. The summed E-state index contributed by atoms with van der Waals surface area (Å²) in [7, 11) is 0. The molecule has 2 aromatic carbocycles. The largest absolute Gasteiger partial charge is 0.277 e. The van der Waals surface area contributed by atoms with Gasteiger partial charge in [0, 0.05) is 16.7 Å². The van der Waals surface area contributed by atoms with Crippen LogP contribution < -0.4 is 0 Å². The number of aromatic nitrogens is 2. The summed E-state index contributed by atoms with van der Waals surface area (Å²) in [5.41, 5.74) is 8.86. The average Bonchev–Trinajstić information content (AvgIpc) is 2.91. The van der Waals surface area contributed by atoms with Gasteiger partial charge < -0.3 is 0 Å². The molecule has 0 atom stereocenters.